The fourth-order valence-corrected chi connectivity index (χ4v) is 2.79. The number of rotatable bonds is 5. The summed E-state index contributed by atoms with van der Waals surface area (Å²) >= 11 is 0. The predicted molar refractivity (Wildman–Crippen MR) is 68.1 cm³/mol. The Hall–Kier alpha value is -0.160. The first-order valence-electron chi connectivity index (χ1n) is 7.03. The van der Waals surface area contributed by atoms with Crippen molar-refractivity contribution in [3.05, 3.63) is 0 Å². The van der Waals surface area contributed by atoms with Gasteiger partial charge < -0.3 is 20.1 Å². The van der Waals surface area contributed by atoms with Crippen molar-refractivity contribution in [1.29, 1.82) is 0 Å². The molecule has 4 heteroatoms. The van der Waals surface area contributed by atoms with Gasteiger partial charge in [0.05, 0.1) is 6.10 Å². The van der Waals surface area contributed by atoms with Gasteiger partial charge >= 0.3 is 0 Å². The minimum atomic E-state index is 0.470. The molecule has 0 unspecified atom stereocenters. The monoisotopic (exact) mass is 242 g/mol. The number of nitrogens with two attached hydrogens (primary N) is 1. The number of piperidine rings is 1. The second-order valence-corrected chi connectivity index (χ2v) is 5.09. The van der Waals surface area contributed by atoms with Crippen LogP contribution in [0.5, 0.6) is 0 Å². The largest absolute Gasteiger partial charge is 0.381 e. The summed E-state index contributed by atoms with van der Waals surface area (Å²) in [4.78, 5) is 2.63. The summed E-state index contributed by atoms with van der Waals surface area (Å²) in [5.74, 6) is 0. The Balaban J connectivity index is 1.63. The van der Waals surface area contributed by atoms with E-state index < -0.39 is 0 Å². The number of likely N-dealkylation sites (tertiary alicyclic amines) is 1. The lowest BCUT2D eigenvalue weighted by atomic mass is 10.0. The van der Waals surface area contributed by atoms with Gasteiger partial charge in [-0.3, -0.25) is 0 Å². The quantitative estimate of drug-likeness (QED) is 0.731. The molecule has 0 saturated carbocycles. The number of nitrogens with zero attached hydrogens (tertiary/aromatic N) is 1. The van der Waals surface area contributed by atoms with E-state index in [0.717, 1.165) is 38.8 Å². The molecule has 0 aliphatic carbocycles. The van der Waals surface area contributed by atoms with Crippen LogP contribution in [0, 0.1) is 0 Å². The summed E-state index contributed by atoms with van der Waals surface area (Å²) in [7, 11) is 0. The standard InChI is InChI=1S/C13H26N2O2/c14-6-1-9-17-13-2-7-15(8-3-13)12-4-10-16-11-5-12/h12-13H,1-11,14H2. The highest BCUT2D eigenvalue weighted by molar-refractivity contribution is 4.80. The molecule has 0 bridgehead atoms. The molecule has 0 amide bonds. The zero-order valence-electron chi connectivity index (χ0n) is 10.8. The van der Waals surface area contributed by atoms with Crippen LogP contribution in [-0.2, 0) is 9.47 Å². The lowest BCUT2D eigenvalue weighted by Crippen LogP contribution is -2.45. The lowest BCUT2D eigenvalue weighted by molar-refractivity contribution is -0.0224. The van der Waals surface area contributed by atoms with Crippen molar-refractivity contribution in [2.45, 2.75) is 44.2 Å². The zero-order valence-corrected chi connectivity index (χ0v) is 10.8. The van der Waals surface area contributed by atoms with Crippen LogP contribution in [0.15, 0.2) is 0 Å². The number of hydrogen-bond donors (Lipinski definition) is 1. The molecule has 0 aromatic heterocycles. The Labute approximate surface area is 104 Å². The van der Waals surface area contributed by atoms with Gasteiger partial charge in [-0.2, -0.15) is 0 Å². The van der Waals surface area contributed by atoms with E-state index in [1.807, 2.05) is 0 Å². The van der Waals surface area contributed by atoms with Gasteiger partial charge in [-0.1, -0.05) is 0 Å². The molecule has 2 aliphatic rings. The second-order valence-electron chi connectivity index (χ2n) is 5.09. The molecule has 0 aromatic carbocycles. The number of hydrogen-bond acceptors (Lipinski definition) is 4. The second kappa shape index (κ2) is 7.31. The highest BCUT2D eigenvalue weighted by Gasteiger charge is 2.26. The van der Waals surface area contributed by atoms with Crippen molar-refractivity contribution in [2.75, 3.05) is 39.5 Å². The van der Waals surface area contributed by atoms with E-state index in [1.54, 1.807) is 0 Å². The van der Waals surface area contributed by atoms with Crippen molar-refractivity contribution in [3.8, 4) is 0 Å². The Morgan fingerprint density at radius 1 is 1.12 bits per heavy atom. The van der Waals surface area contributed by atoms with Crippen molar-refractivity contribution >= 4 is 0 Å². The van der Waals surface area contributed by atoms with Gasteiger partial charge in [0.2, 0.25) is 0 Å². The molecular formula is C13H26N2O2. The average Bonchev–Trinajstić information content (AvgIpc) is 2.41. The molecule has 17 heavy (non-hydrogen) atoms. The Bertz CT molecular complexity index is 200. The lowest BCUT2D eigenvalue weighted by Gasteiger charge is -2.39. The third-order valence-electron chi connectivity index (χ3n) is 3.89. The third-order valence-corrected chi connectivity index (χ3v) is 3.89. The van der Waals surface area contributed by atoms with E-state index in [0.29, 0.717) is 6.10 Å². The van der Waals surface area contributed by atoms with Crippen molar-refractivity contribution in [3.63, 3.8) is 0 Å². The highest BCUT2D eigenvalue weighted by atomic mass is 16.5. The van der Waals surface area contributed by atoms with Crippen molar-refractivity contribution in [2.24, 2.45) is 5.73 Å². The molecule has 2 saturated heterocycles. The molecule has 0 aromatic rings. The molecule has 2 aliphatic heterocycles. The van der Waals surface area contributed by atoms with E-state index in [2.05, 4.69) is 4.90 Å². The predicted octanol–water partition coefficient (Wildman–Crippen LogP) is 0.995. The topological polar surface area (TPSA) is 47.7 Å². The first-order chi connectivity index (χ1) is 8.40. The molecule has 0 spiro atoms. The molecule has 0 atom stereocenters. The highest BCUT2D eigenvalue weighted by Crippen LogP contribution is 2.21. The average molecular weight is 242 g/mol. The molecule has 2 rings (SSSR count). The van der Waals surface area contributed by atoms with Gasteiger partial charge in [0, 0.05) is 39.0 Å². The third kappa shape index (κ3) is 4.21. The van der Waals surface area contributed by atoms with Gasteiger partial charge in [-0.05, 0) is 38.6 Å². The van der Waals surface area contributed by atoms with E-state index in [1.165, 1.54) is 38.8 Å². The summed E-state index contributed by atoms with van der Waals surface area (Å²) in [5, 5.41) is 0. The van der Waals surface area contributed by atoms with Crippen LogP contribution in [0.4, 0.5) is 0 Å². The van der Waals surface area contributed by atoms with Crippen LogP contribution in [0.25, 0.3) is 0 Å². The summed E-state index contributed by atoms with van der Waals surface area (Å²) in [6.45, 7) is 5.84. The maximum absolute atomic E-state index is 5.83. The van der Waals surface area contributed by atoms with Crippen molar-refractivity contribution in [1.82, 2.24) is 4.90 Å². The minimum Gasteiger partial charge on any atom is -0.381 e. The summed E-state index contributed by atoms with van der Waals surface area (Å²) in [6.07, 6.45) is 6.24. The Morgan fingerprint density at radius 2 is 1.82 bits per heavy atom. The van der Waals surface area contributed by atoms with E-state index in [9.17, 15) is 0 Å². The molecular weight excluding hydrogens is 216 g/mol. The van der Waals surface area contributed by atoms with Gasteiger partial charge in [0.1, 0.15) is 0 Å². The molecule has 2 N–H and O–H groups in total. The maximum atomic E-state index is 5.83. The summed E-state index contributed by atoms with van der Waals surface area (Å²) < 4.78 is 11.2. The van der Waals surface area contributed by atoms with E-state index >= 15 is 0 Å². The molecule has 2 heterocycles. The van der Waals surface area contributed by atoms with Crippen LogP contribution >= 0.6 is 0 Å². The smallest absolute Gasteiger partial charge is 0.0599 e. The van der Waals surface area contributed by atoms with Crippen LogP contribution in [0.3, 0.4) is 0 Å². The SMILES string of the molecule is NCCCOC1CCN(C2CCOCC2)CC1. The van der Waals surface area contributed by atoms with Gasteiger partial charge in [0.25, 0.3) is 0 Å². The van der Waals surface area contributed by atoms with Crippen LogP contribution in [0.1, 0.15) is 32.1 Å². The normalized spacial score (nSPS) is 25.2. The van der Waals surface area contributed by atoms with Gasteiger partial charge in [-0.15, -0.1) is 0 Å². The first kappa shape index (κ1) is 13.3. The summed E-state index contributed by atoms with van der Waals surface area (Å²) in [5.41, 5.74) is 5.46. The maximum Gasteiger partial charge on any atom is 0.0599 e. The Kier molecular flexibility index (Phi) is 5.71. The van der Waals surface area contributed by atoms with Gasteiger partial charge in [-0.25, -0.2) is 0 Å². The fourth-order valence-electron chi connectivity index (χ4n) is 2.79. The molecule has 100 valence electrons. The molecule has 2 fully saturated rings. The first-order valence-corrected chi connectivity index (χ1v) is 7.03. The Morgan fingerprint density at radius 3 is 2.47 bits per heavy atom. The van der Waals surface area contributed by atoms with E-state index in [4.69, 9.17) is 15.2 Å². The van der Waals surface area contributed by atoms with Crippen LogP contribution < -0.4 is 5.73 Å². The van der Waals surface area contributed by atoms with Crippen molar-refractivity contribution < 1.29 is 9.47 Å². The zero-order chi connectivity index (χ0) is 11.9. The van der Waals surface area contributed by atoms with Crippen LogP contribution in [0.2, 0.25) is 0 Å². The number of ether oxygens (including phenoxy) is 2. The summed E-state index contributed by atoms with van der Waals surface area (Å²) in [6, 6.07) is 0.758. The molecule has 0 radical (unpaired) electrons. The van der Waals surface area contributed by atoms with Crippen LogP contribution in [-0.4, -0.2) is 56.5 Å². The fraction of sp³-hybridized carbons (Fsp3) is 1.00. The van der Waals surface area contributed by atoms with Gasteiger partial charge in [0.15, 0.2) is 0 Å². The van der Waals surface area contributed by atoms with E-state index in [-0.39, 0.29) is 0 Å². The molecule has 4 nitrogen and oxygen atoms in total. The minimum absolute atomic E-state index is 0.470.